The molecule has 0 bridgehead atoms. The number of allylic oxidation sites excluding steroid dienone is 4. The van der Waals surface area contributed by atoms with E-state index in [4.69, 9.17) is 0 Å². The number of rotatable bonds is 4. The highest BCUT2D eigenvalue weighted by Crippen LogP contribution is 2.29. The van der Waals surface area contributed by atoms with Gasteiger partial charge in [0.1, 0.15) is 0 Å². The smallest absolute Gasteiger partial charge is 0.265 e. The van der Waals surface area contributed by atoms with Crippen molar-refractivity contribution in [3.63, 3.8) is 0 Å². The second-order valence-corrected chi connectivity index (χ2v) is 4.98. The molecule has 0 spiro atoms. The van der Waals surface area contributed by atoms with Crippen molar-refractivity contribution in [3.8, 4) is 0 Å². The van der Waals surface area contributed by atoms with Crippen LogP contribution in [-0.2, 0) is 4.79 Å². The van der Waals surface area contributed by atoms with Gasteiger partial charge in [0.05, 0.1) is 5.71 Å². The van der Waals surface area contributed by atoms with Gasteiger partial charge in [-0.15, -0.1) is 0 Å². The molecule has 1 atom stereocenters. The molecule has 0 radical (unpaired) electrons. The summed E-state index contributed by atoms with van der Waals surface area (Å²) < 4.78 is 0. The summed E-state index contributed by atoms with van der Waals surface area (Å²) in [6.07, 6.45) is 11.7. The maximum atomic E-state index is 11.9. The van der Waals surface area contributed by atoms with Crippen LogP contribution in [0.2, 0.25) is 0 Å². The van der Waals surface area contributed by atoms with E-state index in [-0.39, 0.29) is 5.91 Å². The van der Waals surface area contributed by atoms with Crippen molar-refractivity contribution in [1.82, 2.24) is 5.32 Å². The van der Waals surface area contributed by atoms with Crippen LogP contribution in [0.5, 0.6) is 0 Å². The average Bonchev–Trinajstić information content (AvgIpc) is 2.46. The molecular formula is C15H22N2O. The van der Waals surface area contributed by atoms with Gasteiger partial charge in [-0.3, -0.25) is 9.79 Å². The van der Waals surface area contributed by atoms with E-state index >= 15 is 0 Å². The Balaban J connectivity index is 1.95. The molecule has 2 aliphatic rings. The number of carbonyl (C=O) groups excluding carboxylic acids is 1. The summed E-state index contributed by atoms with van der Waals surface area (Å²) in [5.74, 6) is 0.559. The first-order chi connectivity index (χ1) is 8.81. The lowest BCUT2D eigenvalue weighted by atomic mass is 9.84. The first-order valence-electron chi connectivity index (χ1n) is 6.98. The summed E-state index contributed by atoms with van der Waals surface area (Å²) in [5.41, 5.74) is 2.24. The molecule has 18 heavy (non-hydrogen) atoms. The van der Waals surface area contributed by atoms with Crippen LogP contribution in [0.3, 0.4) is 0 Å². The molecule has 98 valence electrons. The molecule has 1 aliphatic heterocycles. The number of amides is 1. The lowest BCUT2D eigenvalue weighted by Gasteiger charge is -2.25. The van der Waals surface area contributed by atoms with E-state index in [0.29, 0.717) is 5.92 Å². The topological polar surface area (TPSA) is 41.5 Å². The predicted octanol–water partition coefficient (Wildman–Crippen LogP) is 2.64. The van der Waals surface area contributed by atoms with E-state index in [1.165, 1.54) is 5.57 Å². The molecule has 1 N–H and O–H groups in total. The van der Waals surface area contributed by atoms with Crippen molar-refractivity contribution in [3.05, 3.63) is 23.8 Å². The number of nitrogens with zero attached hydrogens (tertiary/aromatic N) is 1. The summed E-state index contributed by atoms with van der Waals surface area (Å²) in [6, 6.07) is 0. The van der Waals surface area contributed by atoms with Crippen LogP contribution < -0.4 is 5.32 Å². The molecule has 3 nitrogen and oxygen atoms in total. The van der Waals surface area contributed by atoms with Gasteiger partial charge in [0.25, 0.3) is 5.91 Å². The van der Waals surface area contributed by atoms with E-state index in [1.807, 2.05) is 0 Å². The van der Waals surface area contributed by atoms with E-state index in [2.05, 4.69) is 35.5 Å². The van der Waals surface area contributed by atoms with Crippen LogP contribution in [0.15, 0.2) is 28.8 Å². The zero-order valence-corrected chi connectivity index (χ0v) is 11.1. The quantitative estimate of drug-likeness (QED) is 0.814. The van der Waals surface area contributed by atoms with Gasteiger partial charge in [-0.2, -0.15) is 0 Å². The molecule has 0 aromatic carbocycles. The van der Waals surface area contributed by atoms with Crippen LogP contribution in [0.1, 0.15) is 39.0 Å². The van der Waals surface area contributed by atoms with Gasteiger partial charge in [0.15, 0.2) is 0 Å². The molecule has 2 rings (SSSR count). The molecule has 0 aromatic heterocycles. The van der Waals surface area contributed by atoms with Gasteiger partial charge in [-0.1, -0.05) is 30.7 Å². The van der Waals surface area contributed by atoms with Crippen LogP contribution in [-0.4, -0.2) is 24.7 Å². The van der Waals surface area contributed by atoms with Gasteiger partial charge in [0.2, 0.25) is 0 Å². The van der Waals surface area contributed by atoms with Crippen LogP contribution in [0.25, 0.3) is 0 Å². The Morgan fingerprint density at radius 1 is 1.56 bits per heavy atom. The molecule has 0 aromatic rings. The zero-order chi connectivity index (χ0) is 12.8. The van der Waals surface area contributed by atoms with Crippen molar-refractivity contribution in [2.45, 2.75) is 39.0 Å². The minimum absolute atomic E-state index is 0.0356. The molecule has 1 aliphatic carbocycles. The van der Waals surface area contributed by atoms with Crippen molar-refractivity contribution >= 4 is 11.6 Å². The summed E-state index contributed by atoms with van der Waals surface area (Å²) in [6.45, 7) is 3.60. The second kappa shape index (κ2) is 6.53. The molecule has 1 unspecified atom stereocenters. The number of hydrogen-bond acceptors (Lipinski definition) is 2. The van der Waals surface area contributed by atoms with Gasteiger partial charge < -0.3 is 5.32 Å². The molecule has 0 saturated carbocycles. The molecule has 1 amide bonds. The lowest BCUT2D eigenvalue weighted by Crippen LogP contribution is -2.35. The number of nitrogens with one attached hydrogen (secondary N) is 1. The predicted molar refractivity (Wildman–Crippen MR) is 74.8 cm³/mol. The normalized spacial score (nSPS) is 23.3. The minimum atomic E-state index is 0.0356. The van der Waals surface area contributed by atoms with Crippen LogP contribution in [0, 0.1) is 5.92 Å². The van der Waals surface area contributed by atoms with E-state index < -0.39 is 0 Å². The Morgan fingerprint density at radius 3 is 3.17 bits per heavy atom. The van der Waals surface area contributed by atoms with Gasteiger partial charge >= 0.3 is 0 Å². The highest BCUT2D eigenvalue weighted by atomic mass is 16.1. The first-order valence-corrected chi connectivity index (χ1v) is 6.98. The number of carbonyl (C=O) groups is 1. The van der Waals surface area contributed by atoms with Crippen molar-refractivity contribution in [2.75, 3.05) is 13.1 Å². The fourth-order valence-electron chi connectivity index (χ4n) is 2.54. The van der Waals surface area contributed by atoms with E-state index in [9.17, 15) is 4.79 Å². The highest BCUT2D eigenvalue weighted by Gasteiger charge is 2.24. The zero-order valence-electron chi connectivity index (χ0n) is 11.1. The van der Waals surface area contributed by atoms with E-state index in [1.54, 1.807) is 0 Å². The summed E-state index contributed by atoms with van der Waals surface area (Å²) >= 11 is 0. The summed E-state index contributed by atoms with van der Waals surface area (Å²) in [4.78, 5) is 16.3. The lowest BCUT2D eigenvalue weighted by molar-refractivity contribution is -0.115. The maximum absolute atomic E-state index is 11.9. The third kappa shape index (κ3) is 3.31. The van der Waals surface area contributed by atoms with Gasteiger partial charge in [-0.25, -0.2) is 0 Å². The molecule has 0 fully saturated rings. The van der Waals surface area contributed by atoms with Crippen molar-refractivity contribution in [1.29, 1.82) is 0 Å². The SMILES string of the molecule is CCCNC(=O)C1=NCCC(C2=CC=CCC2)C1. The first kappa shape index (κ1) is 13.1. The van der Waals surface area contributed by atoms with E-state index in [0.717, 1.165) is 50.9 Å². The van der Waals surface area contributed by atoms with Crippen LogP contribution >= 0.6 is 0 Å². The second-order valence-electron chi connectivity index (χ2n) is 4.98. The minimum Gasteiger partial charge on any atom is -0.351 e. The largest absolute Gasteiger partial charge is 0.351 e. The molecule has 0 saturated heterocycles. The molecule has 1 heterocycles. The van der Waals surface area contributed by atoms with Crippen molar-refractivity contribution in [2.24, 2.45) is 10.9 Å². The monoisotopic (exact) mass is 246 g/mol. The maximum Gasteiger partial charge on any atom is 0.265 e. The summed E-state index contributed by atoms with van der Waals surface area (Å²) in [5, 5.41) is 2.92. The third-order valence-electron chi connectivity index (χ3n) is 3.59. The highest BCUT2D eigenvalue weighted by molar-refractivity contribution is 6.39. The number of aliphatic imine (C=N–C) groups is 1. The van der Waals surface area contributed by atoms with Gasteiger partial charge in [0, 0.05) is 19.5 Å². The number of hydrogen-bond donors (Lipinski definition) is 1. The average molecular weight is 246 g/mol. The Bertz CT molecular complexity index is 393. The summed E-state index contributed by atoms with van der Waals surface area (Å²) in [7, 11) is 0. The van der Waals surface area contributed by atoms with Crippen molar-refractivity contribution < 1.29 is 4.79 Å². The Kier molecular flexibility index (Phi) is 4.73. The van der Waals surface area contributed by atoms with Crippen LogP contribution in [0.4, 0.5) is 0 Å². The standard InChI is InChI=1S/C15H22N2O/c1-2-9-17-15(18)14-11-13(8-10-16-14)12-6-4-3-5-7-12/h3-4,6,13H,2,5,7-11H2,1H3,(H,17,18). The fraction of sp³-hybridized carbons (Fsp3) is 0.600. The Hall–Kier alpha value is -1.38. The molecular weight excluding hydrogens is 224 g/mol. The third-order valence-corrected chi connectivity index (χ3v) is 3.59. The fourth-order valence-corrected chi connectivity index (χ4v) is 2.54. The van der Waals surface area contributed by atoms with Gasteiger partial charge in [-0.05, 0) is 31.6 Å². The molecule has 3 heteroatoms. The Labute approximate surface area is 109 Å². The Morgan fingerprint density at radius 2 is 2.44 bits per heavy atom.